The molecule has 1 amide bonds. The van der Waals surface area contributed by atoms with Gasteiger partial charge in [0.15, 0.2) is 0 Å². The molecule has 0 atom stereocenters. The Labute approximate surface area is 207 Å². The molecule has 1 saturated heterocycles. The molecule has 0 aliphatic carbocycles. The lowest BCUT2D eigenvalue weighted by molar-refractivity contribution is 0.0204. The molecule has 0 unspecified atom stereocenters. The van der Waals surface area contributed by atoms with Crippen LogP contribution in [0.3, 0.4) is 0 Å². The summed E-state index contributed by atoms with van der Waals surface area (Å²) in [6.07, 6.45) is 1.42. The van der Waals surface area contributed by atoms with Gasteiger partial charge in [0.05, 0.1) is 23.4 Å². The number of piperidine rings is 1. The molecule has 3 rings (SSSR count). The van der Waals surface area contributed by atoms with Gasteiger partial charge in [-0.3, -0.25) is 0 Å². The number of methoxy groups -OCH3 is 1. The van der Waals surface area contributed by atoms with Gasteiger partial charge >= 0.3 is 12.1 Å². The van der Waals surface area contributed by atoms with Crippen LogP contribution in [0.5, 0.6) is 0 Å². The molecule has 0 radical (unpaired) electrons. The van der Waals surface area contributed by atoms with Crippen molar-refractivity contribution in [2.75, 3.05) is 31.6 Å². The van der Waals surface area contributed by atoms with Gasteiger partial charge in [0.1, 0.15) is 5.60 Å². The Morgan fingerprint density at radius 3 is 2.41 bits per heavy atom. The number of rotatable bonds is 5. The highest BCUT2D eigenvalue weighted by molar-refractivity contribution is 6.36. The molecular formula is C27H35ClN2O4. The predicted molar refractivity (Wildman–Crippen MR) is 137 cm³/mol. The molecule has 1 aliphatic rings. The van der Waals surface area contributed by atoms with Gasteiger partial charge in [0.2, 0.25) is 0 Å². The molecule has 184 valence electrons. The molecule has 34 heavy (non-hydrogen) atoms. The third-order valence-corrected chi connectivity index (χ3v) is 6.39. The molecule has 0 aromatic heterocycles. The summed E-state index contributed by atoms with van der Waals surface area (Å²) < 4.78 is 10.4. The molecular weight excluding hydrogens is 452 g/mol. The van der Waals surface area contributed by atoms with Crippen molar-refractivity contribution in [1.29, 1.82) is 0 Å². The maximum Gasteiger partial charge on any atom is 0.410 e. The number of aryl methyl sites for hydroxylation is 1. The third kappa shape index (κ3) is 6.03. The number of nitrogens with zero attached hydrogens (tertiary/aromatic N) is 2. The molecule has 1 heterocycles. The van der Waals surface area contributed by atoms with Crippen LogP contribution in [0.1, 0.15) is 56.5 Å². The summed E-state index contributed by atoms with van der Waals surface area (Å²) in [5, 5.41) is 0.653. The largest absolute Gasteiger partial charge is 0.465 e. The summed E-state index contributed by atoms with van der Waals surface area (Å²) in [5.41, 5.74) is 3.67. The number of carbonyl (C=O) groups excluding carboxylic acids is 2. The first-order chi connectivity index (χ1) is 16.0. The Morgan fingerprint density at radius 2 is 1.82 bits per heavy atom. The van der Waals surface area contributed by atoms with Gasteiger partial charge in [-0.15, -0.1) is 0 Å². The average Bonchev–Trinajstić information content (AvgIpc) is 2.79. The Balaban J connectivity index is 1.83. The minimum atomic E-state index is -0.499. The van der Waals surface area contributed by atoms with E-state index in [1.807, 2.05) is 64.1 Å². The van der Waals surface area contributed by atoms with Gasteiger partial charge in [-0.2, -0.15) is 0 Å². The van der Waals surface area contributed by atoms with E-state index in [1.54, 1.807) is 4.90 Å². The highest BCUT2D eigenvalue weighted by Gasteiger charge is 2.30. The Hall–Kier alpha value is -2.73. The molecule has 0 N–H and O–H groups in total. The summed E-state index contributed by atoms with van der Waals surface area (Å²) in [5.74, 6) is -0.371. The summed E-state index contributed by atoms with van der Waals surface area (Å²) in [6, 6.07) is 11.9. The lowest BCUT2D eigenvalue weighted by Crippen LogP contribution is -2.48. The van der Waals surface area contributed by atoms with Crippen molar-refractivity contribution < 1.29 is 19.1 Å². The topological polar surface area (TPSA) is 59.1 Å². The van der Waals surface area contributed by atoms with E-state index in [9.17, 15) is 9.59 Å². The smallest absolute Gasteiger partial charge is 0.410 e. The number of amides is 1. The summed E-state index contributed by atoms with van der Waals surface area (Å²) in [6.45, 7) is 11.8. The van der Waals surface area contributed by atoms with Gasteiger partial charge in [-0.1, -0.05) is 29.8 Å². The number of ether oxygens (including phenoxy) is 2. The maximum atomic E-state index is 12.4. The predicted octanol–water partition coefficient (Wildman–Crippen LogP) is 6.33. The Morgan fingerprint density at radius 1 is 1.15 bits per heavy atom. The molecule has 2 aromatic rings. The van der Waals surface area contributed by atoms with Crippen LogP contribution in [0.2, 0.25) is 5.02 Å². The van der Waals surface area contributed by atoms with Gasteiger partial charge in [-0.25, -0.2) is 9.59 Å². The second-order valence-corrected chi connectivity index (χ2v) is 10.1. The van der Waals surface area contributed by atoms with Crippen molar-refractivity contribution >= 4 is 29.4 Å². The first kappa shape index (κ1) is 25.9. The number of carbonyl (C=O) groups is 2. The zero-order valence-corrected chi connectivity index (χ0v) is 21.7. The van der Waals surface area contributed by atoms with Crippen LogP contribution in [0.15, 0.2) is 36.4 Å². The Bertz CT molecular complexity index is 1040. The van der Waals surface area contributed by atoms with E-state index in [2.05, 4.69) is 11.8 Å². The molecule has 7 heteroatoms. The first-order valence-corrected chi connectivity index (χ1v) is 12.1. The fourth-order valence-electron chi connectivity index (χ4n) is 4.45. The van der Waals surface area contributed by atoms with Crippen molar-refractivity contribution in [3.05, 3.63) is 52.5 Å². The van der Waals surface area contributed by atoms with E-state index in [4.69, 9.17) is 21.1 Å². The maximum absolute atomic E-state index is 12.4. The van der Waals surface area contributed by atoms with Crippen molar-refractivity contribution in [2.45, 2.75) is 59.1 Å². The van der Waals surface area contributed by atoms with E-state index in [1.165, 1.54) is 7.11 Å². The molecule has 1 fully saturated rings. The number of hydrogen-bond donors (Lipinski definition) is 0. The molecule has 1 aliphatic heterocycles. The van der Waals surface area contributed by atoms with E-state index in [0.29, 0.717) is 23.7 Å². The molecule has 0 bridgehead atoms. The zero-order valence-electron chi connectivity index (χ0n) is 21.0. The Kier molecular flexibility index (Phi) is 8.13. The highest BCUT2D eigenvalue weighted by Crippen LogP contribution is 2.38. The summed E-state index contributed by atoms with van der Waals surface area (Å²) >= 11 is 6.96. The lowest BCUT2D eigenvalue weighted by atomic mass is 9.98. The monoisotopic (exact) mass is 486 g/mol. The number of hydrogen-bond acceptors (Lipinski definition) is 5. The second kappa shape index (κ2) is 10.7. The number of esters is 1. The molecule has 0 spiro atoms. The van der Waals surface area contributed by atoms with Crippen molar-refractivity contribution in [3.63, 3.8) is 0 Å². The molecule has 6 nitrogen and oxygen atoms in total. The average molecular weight is 487 g/mol. The van der Waals surface area contributed by atoms with Crippen LogP contribution in [0, 0.1) is 6.92 Å². The van der Waals surface area contributed by atoms with Gasteiger partial charge < -0.3 is 19.3 Å². The highest BCUT2D eigenvalue weighted by atomic mass is 35.5. The SMILES string of the molecule is CCN(c1cccc(-c2cc(C)cc(C(=O)OC)c2)c1Cl)C1CCN(C(=O)OC(C)(C)C)CC1. The zero-order chi connectivity index (χ0) is 25.0. The number of halogens is 1. The summed E-state index contributed by atoms with van der Waals surface area (Å²) in [7, 11) is 1.38. The van der Waals surface area contributed by atoms with Crippen LogP contribution < -0.4 is 4.90 Å². The van der Waals surface area contributed by atoms with E-state index in [0.717, 1.165) is 41.8 Å². The van der Waals surface area contributed by atoms with Crippen LogP contribution in [0.25, 0.3) is 11.1 Å². The van der Waals surface area contributed by atoms with Gasteiger partial charge in [-0.05, 0) is 76.8 Å². The van der Waals surface area contributed by atoms with E-state index in [-0.39, 0.29) is 18.1 Å². The second-order valence-electron chi connectivity index (χ2n) is 9.70. The summed E-state index contributed by atoms with van der Waals surface area (Å²) in [4.78, 5) is 28.7. The number of anilines is 1. The first-order valence-electron chi connectivity index (χ1n) is 11.8. The fourth-order valence-corrected chi connectivity index (χ4v) is 4.79. The van der Waals surface area contributed by atoms with Crippen LogP contribution in [-0.2, 0) is 9.47 Å². The third-order valence-electron chi connectivity index (χ3n) is 5.99. The quantitative estimate of drug-likeness (QED) is 0.462. The number of likely N-dealkylation sites (tertiary alicyclic amines) is 1. The number of benzene rings is 2. The normalized spacial score (nSPS) is 14.6. The van der Waals surface area contributed by atoms with Gasteiger partial charge in [0.25, 0.3) is 0 Å². The van der Waals surface area contributed by atoms with Crippen LogP contribution >= 0.6 is 11.6 Å². The lowest BCUT2D eigenvalue weighted by Gasteiger charge is -2.40. The molecule has 2 aromatic carbocycles. The van der Waals surface area contributed by atoms with Crippen molar-refractivity contribution in [2.24, 2.45) is 0 Å². The minimum absolute atomic E-state index is 0.255. The van der Waals surface area contributed by atoms with E-state index < -0.39 is 5.60 Å². The van der Waals surface area contributed by atoms with Crippen LogP contribution in [0.4, 0.5) is 10.5 Å². The molecule has 0 saturated carbocycles. The van der Waals surface area contributed by atoms with Crippen LogP contribution in [-0.4, -0.2) is 55.3 Å². The van der Waals surface area contributed by atoms with E-state index >= 15 is 0 Å². The minimum Gasteiger partial charge on any atom is -0.465 e. The van der Waals surface area contributed by atoms with Gasteiger partial charge in [0, 0.05) is 31.2 Å². The fraction of sp³-hybridized carbons (Fsp3) is 0.481. The standard InChI is InChI=1S/C27H35ClN2O4/c1-7-30(21-11-13-29(14-12-21)26(32)34-27(3,4)5)23-10-8-9-22(24(23)28)19-15-18(2)16-20(17-19)25(31)33-6/h8-10,15-17,21H,7,11-14H2,1-6H3. The van der Waals surface area contributed by atoms with Crippen molar-refractivity contribution in [1.82, 2.24) is 4.90 Å². The van der Waals surface area contributed by atoms with Crippen molar-refractivity contribution in [3.8, 4) is 11.1 Å².